The average molecular weight is 286 g/mol. The van der Waals surface area contributed by atoms with Gasteiger partial charge in [0.2, 0.25) is 6.33 Å². The Morgan fingerprint density at radius 2 is 1.76 bits per heavy atom. The van der Waals surface area contributed by atoms with E-state index in [-0.39, 0.29) is 11.8 Å². The fourth-order valence-corrected chi connectivity index (χ4v) is 2.09. The summed E-state index contributed by atoms with van der Waals surface area (Å²) in [6.45, 7) is 3.36. The Morgan fingerprint density at radius 3 is 2.24 bits per heavy atom. The lowest BCUT2D eigenvalue weighted by molar-refractivity contribution is -0.671. The first-order chi connectivity index (χ1) is 10.1. The molecular weight excluding hydrogens is 266 g/mol. The van der Waals surface area contributed by atoms with E-state index in [9.17, 15) is 9.59 Å². The average Bonchev–Trinajstić information content (AvgIpc) is 3.02. The van der Waals surface area contributed by atoms with E-state index in [4.69, 9.17) is 0 Å². The van der Waals surface area contributed by atoms with Crippen molar-refractivity contribution in [2.24, 2.45) is 7.05 Å². The van der Waals surface area contributed by atoms with Crippen LogP contribution in [0.4, 0.5) is 0 Å². The van der Waals surface area contributed by atoms with E-state index >= 15 is 0 Å². The van der Waals surface area contributed by atoms with Gasteiger partial charge >= 0.3 is 0 Å². The zero-order chi connectivity index (χ0) is 15.2. The zero-order valence-corrected chi connectivity index (χ0v) is 12.4. The normalized spacial score (nSPS) is 12.5. The van der Waals surface area contributed by atoms with Gasteiger partial charge in [0.1, 0.15) is 12.4 Å². The highest BCUT2D eigenvalue weighted by Crippen LogP contribution is 2.13. The van der Waals surface area contributed by atoms with Crippen LogP contribution in [-0.4, -0.2) is 16.4 Å². The van der Waals surface area contributed by atoms with Gasteiger partial charge in [-0.1, -0.05) is 25.5 Å². The maximum Gasteiger partial charge on any atom is 0.258 e. The molecule has 0 saturated carbocycles. The molecule has 0 unspecified atom stereocenters. The summed E-state index contributed by atoms with van der Waals surface area (Å²) in [5.74, 6) is -0.601. The lowest BCUT2D eigenvalue weighted by atomic mass is 10.1. The number of imide groups is 1. The molecule has 0 bridgehead atoms. The van der Waals surface area contributed by atoms with Gasteiger partial charge in [0.25, 0.3) is 11.8 Å². The topological polar surface area (TPSA) is 55.0 Å². The number of fused-ring (bicyclic) bond motifs is 1. The van der Waals surface area contributed by atoms with Crippen molar-refractivity contribution in [2.45, 2.75) is 26.3 Å². The Labute approximate surface area is 124 Å². The molecule has 0 aliphatic carbocycles. The number of aryl methyl sites for hydroxylation is 2. The van der Waals surface area contributed by atoms with Gasteiger partial charge in [-0.3, -0.25) is 14.9 Å². The minimum Gasteiger partial charge on any atom is -0.288 e. The molecule has 1 aliphatic heterocycles. The van der Waals surface area contributed by atoms with Crippen LogP contribution in [0.25, 0.3) is 0 Å². The molecule has 21 heavy (non-hydrogen) atoms. The fraction of sp³-hybridized carbons (Fsp3) is 0.312. The minimum absolute atomic E-state index is 0.300. The molecule has 1 N–H and O–H groups in total. The molecule has 0 fully saturated rings. The zero-order valence-electron chi connectivity index (χ0n) is 12.4. The quantitative estimate of drug-likeness (QED) is 0.689. The number of aromatic nitrogens is 2. The van der Waals surface area contributed by atoms with Crippen molar-refractivity contribution in [3.63, 3.8) is 0 Å². The van der Waals surface area contributed by atoms with Crippen molar-refractivity contribution in [3.05, 3.63) is 54.1 Å². The first-order valence-electron chi connectivity index (χ1n) is 7.07. The number of hydrogen-bond donors (Lipinski definition) is 1. The molecule has 1 aromatic heterocycles. The molecule has 3 rings (SSSR count). The highest BCUT2D eigenvalue weighted by Gasteiger charge is 2.25. The molecule has 2 heterocycles. The van der Waals surface area contributed by atoms with E-state index in [0.29, 0.717) is 11.1 Å². The van der Waals surface area contributed by atoms with Gasteiger partial charge in [-0.25, -0.2) is 9.13 Å². The summed E-state index contributed by atoms with van der Waals surface area (Å²) in [5.41, 5.74) is 0.940. The van der Waals surface area contributed by atoms with Crippen LogP contribution in [-0.2, 0) is 13.6 Å². The van der Waals surface area contributed by atoms with E-state index in [1.54, 1.807) is 24.3 Å². The molecule has 0 atom stereocenters. The highest BCUT2D eigenvalue weighted by molar-refractivity contribution is 6.21. The highest BCUT2D eigenvalue weighted by atomic mass is 16.2. The molecule has 2 aromatic rings. The molecule has 2 amide bonds. The number of carbonyl (C=O) groups excluding carboxylic acids is 2. The number of amides is 2. The second-order valence-corrected chi connectivity index (χ2v) is 5.00. The fourth-order valence-electron chi connectivity index (χ4n) is 2.09. The Hall–Kier alpha value is -2.43. The van der Waals surface area contributed by atoms with Gasteiger partial charge in [0.15, 0.2) is 0 Å². The summed E-state index contributed by atoms with van der Waals surface area (Å²) in [5, 5.41) is 2.20. The predicted octanol–water partition coefficient (Wildman–Crippen LogP) is 1.68. The van der Waals surface area contributed by atoms with Crippen molar-refractivity contribution in [1.29, 1.82) is 0 Å². The lowest BCUT2D eigenvalue weighted by Gasteiger charge is -1.90. The van der Waals surface area contributed by atoms with E-state index in [2.05, 4.69) is 40.1 Å². The first kappa shape index (κ1) is 15.0. The first-order valence-corrected chi connectivity index (χ1v) is 7.07. The number of hydrogen-bond acceptors (Lipinski definition) is 2. The number of nitrogens with one attached hydrogen (secondary N) is 1. The molecule has 1 aliphatic rings. The molecule has 110 valence electrons. The number of carbonyl (C=O) groups is 2. The van der Waals surface area contributed by atoms with Crippen LogP contribution in [0.1, 0.15) is 40.5 Å². The van der Waals surface area contributed by atoms with Gasteiger partial charge in [-0.15, -0.1) is 0 Å². The molecule has 1 aromatic carbocycles. The third-order valence-electron chi connectivity index (χ3n) is 3.24. The molecule has 5 heteroatoms. The van der Waals surface area contributed by atoms with Gasteiger partial charge in [0.05, 0.1) is 24.7 Å². The predicted molar refractivity (Wildman–Crippen MR) is 78.8 cm³/mol. The van der Waals surface area contributed by atoms with Gasteiger partial charge in [-0.05, 0) is 18.6 Å². The number of nitrogens with zero attached hydrogens (tertiary/aromatic N) is 2. The number of unbranched alkanes of at least 4 members (excludes halogenated alkanes) is 1. The summed E-state index contributed by atoms with van der Waals surface area (Å²) in [6.07, 6.45) is 8.82. The maximum atomic E-state index is 10.9. The van der Waals surface area contributed by atoms with Crippen LogP contribution in [0, 0.1) is 0 Å². The summed E-state index contributed by atoms with van der Waals surface area (Å²) in [6, 6.07) is 6.74. The largest absolute Gasteiger partial charge is 0.288 e. The van der Waals surface area contributed by atoms with Crippen LogP contribution in [0.3, 0.4) is 0 Å². The third-order valence-corrected chi connectivity index (χ3v) is 3.24. The van der Waals surface area contributed by atoms with Gasteiger partial charge < -0.3 is 0 Å². The Bertz CT molecular complexity index is 613. The summed E-state index contributed by atoms with van der Waals surface area (Å²) in [7, 11) is 2.04. The van der Waals surface area contributed by atoms with Crippen LogP contribution in [0.15, 0.2) is 43.0 Å². The maximum absolute atomic E-state index is 10.9. The van der Waals surface area contributed by atoms with Crippen LogP contribution in [0.5, 0.6) is 0 Å². The summed E-state index contributed by atoms with van der Waals surface area (Å²) in [4.78, 5) is 21.9. The minimum atomic E-state index is -0.300. The van der Waals surface area contributed by atoms with Crippen LogP contribution in [0.2, 0.25) is 0 Å². The third kappa shape index (κ3) is 3.78. The van der Waals surface area contributed by atoms with Gasteiger partial charge in [-0.2, -0.15) is 0 Å². The van der Waals surface area contributed by atoms with Crippen LogP contribution >= 0.6 is 0 Å². The van der Waals surface area contributed by atoms with Crippen molar-refractivity contribution in [2.75, 3.05) is 0 Å². The number of imidazole rings is 1. The lowest BCUT2D eigenvalue weighted by Crippen LogP contribution is -2.23. The van der Waals surface area contributed by atoms with Crippen molar-refractivity contribution < 1.29 is 14.2 Å². The molecule has 5 nitrogen and oxygen atoms in total. The van der Waals surface area contributed by atoms with Crippen molar-refractivity contribution in [3.8, 4) is 0 Å². The van der Waals surface area contributed by atoms with Crippen molar-refractivity contribution >= 4 is 11.8 Å². The second kappa shape index (κ2) is 6.83. The standard InChI is InChI=1S/C8H15N2.C8H5NO2/c1-3-4-5-10-7-6-9(2)8-10;10-7-5-3-1-2-4-6(5)8(11)9-7/h6-8H,3-5H2,1-2H3;1-4H,(H,9,10,11)/q+1;. The van der Waals surface area contributed by atoms with E-state index in [0.717, 1.165) is 6.54 Å². The van der Waals surface area contributed by atoms with Gasteiger partial charge in [0, 0.05) is 0 Å². The second-order valence-electron chi connectivity index (χ2n) is 5.00. The summed E-state index contributed by atoms with van der Waals surface area (Å²) < 4.78 is 4.28. The Kier molecular flexibility index (Phi) is 4.87. The molecular formula is C16H20N3O2+. The molecule has 0 spiro atoms. The van der Waals surface area contributed by atoms with Crippen molar-refractivity contribution in [1.82, 2.24) is 9.88 Å². The van der Waals surface area contributed by atoms with Crippen LogP contribution < -0.4 is 9.88 Å². The van der Waals surface area contributed by atoms with E-state index in [1.807, 2.05) is 7.05 Å². The van der Waals surface area contributed by atoms with E-state index < -0.39 is 0 Å². The summed E-state index contributed by atoms with van der Waals surface area (Å²) >= 11 is 0. The number of rotatable bonds is 3. The molecule has 0 saturated heterocycles. The van der Waals surface area contributed by atoms with E-state index in [1.165, 1.54) is 12.8 Å². The SMILES string of the molecule is CCCCn1cc[n+](C)c1.O=C1NC(=O)c2ccccc21. The number of benzene rings is 1. The molecule has 0 radical (unpaired) electrons. The monoisotopic (exact) mass is 286 g/mol. The smallest absolute Gasteiger partial charge is 0.258 e. The Morgan fingerprint density at radius 1 is 1.14 bits per heavy atom. The Balaban J connectivity index is 0.000000155.